The van der Waals surface area contributed by atoms with Crippen molar-refractivity contribution in [3.05, 3.63) is 12.2 Å². The molecule has 108 valence electrons. The fourth-order valence-electron chi connectivity index (χ4n) is 4.27. The molecule has 2 aliphatic carbocycles. The Kier molecular flexibility index (Phi) is 3.81. The standard InChI is InChI=1S/C17H28O2/c1-6-7-10-19-15(18)12(2)14-11-13-8-9-17(14,5)16(13,3)4/h13-14H,2,6-11H2,1,3-5H3/t13-,14?,17-/m1/s1. The average Bonchev–Trinajstić information content (AvgIpc) is 2.70. The molecule has 2 fully saturated rings. The topological polar surface area (TPSA) is 26.3 Å². The zero-order valence-electron chi connectivity index (χ0n) is 12.9. The molecular weight excluding hydrogens is 236 g/mol. The number of carbonyl (C=O) groups excluding carboxylic acids is 1. The van der Waals surface area contributed by atoms with Gasteiger partial charge in [0, 0.05) is 5.57 Å². The molecule has 0 radical (unpaired) electrons. The first-order valence-corrected chi connectivity index (χ1v) is 7.70. The molecule has 0 aliphatic heterocycles. The van der Waals surface area contributed by atoms with Crippen LogP contribution in [0, 0.1) is 22.7 Å². The molecule has 2 bridgehead atoms. The molecule has 2 rings (SSSR count). The number of ether oxygens (including phenoxy) is 1. The Hall–Kier alpha value is -0.790. The summed E-state index contributed by atoms with van der Waals surface area (Å²) in [7, 11) is 0. The molecule has 3 atom stereocenters. The lowest BCUT2D eigenvalue weighted by Gasteiger charge is -2.39. The second-order valence-electron chi connectivity index (χ2n) is 7.18. The maximum atomic E-state index is 12.1. The van der Waals surface area contributed by atoms with Gasteiger partial charge in [0.05, 0.1) is 6.61 Å². The van der Waals surface area contributed by atoms with E-state index in [0.717, 1.165) is 25.2 Å². The van der Waals surface area contributed by atoms with Crippen molar-refractivity contribution in [2.75, 3.05) is 6.61 Å². The highest BCUT2D eigenvalue weighted by Crippen LogP contribution is 2.69. The highest BCUT2D eigenvalue weighted by Gasteiger charge is 2.62. The second kappa shape index (κ2) is 4.96. The molecule has 2 aliphatic rings. The number of unbranched alkanes of at least 4 members (excludes halogenated alkanes) is 1. The van der Waals surface area contributed by atoms with E-state index >= 15 is 0 Å². The van der Waals surface area contributed by atoms with Gasteiger partial charge in [-0.2, -0.15) is 0 Å². The van der Waals surface area contributed by atoms with Gasteiger partial charge in [0.15, 0.2) is 0 Å². The number of fused-ring (bicyclic) bond motifs is 2. The van der Waals surface area contributed by atoms with E-state index in [4.69, 9.17) is 4.74 Å². The van der Waals surface area contributed by atoms with Gasteiger partial charge in [-0.3, -0.25) is 0 Å². The van der Waals surface area contributed by atoms with Crippen LogP contribution in [0.25, 0.3) is 0 Å². The van der Waals surface area contributed by atoms with Crippen LogP contribution in [0.4, 0.5) is 0 Å². The van der Waals surface area contributed by atoms with Crippen molar-refractivity contribution in [3.63, 3.8) is 0 Å². The molecule has 0 aromatic carbocycles. The van der Waals surface area contributed by atoms with E-state index in [1.807, 2.05) is 0 Å². The van der Waals surface area contributed by atoms with Gasteiger partial charge in [-0.05, 0) is 48.3 Å². The number of rotatable bonds is 5. The van der Waals surface area contributed by atoms with E-state index in [1.165, 1.54) is 12.8 Å². The van der Waals surface area contributed by atoms with Gasteiger partial charge < -0.3 is 4.74 Å². The summed E-state index contributed by atoms with van der Waals surface area (Å²) < 4.78 is 5.34. The third-order valence-electron chi connectivity index (χ3n) is 6.21. The summed E-state index contributed by atoms with van der Waals surface area (Å²) in [5, 5.41) is 0. The number of hydrogen-bond donors (Lipinski definition) is 0. The Bertz CT molecular complexity index is 383. The average molecular weight is 264 g/mol. The monoisotopic (exact) mass is 264 g/mol. The normalized spacial score (nSPS) is 35.4. The van der Waals surface area contributed by atoms with E-state index in [2.05, 4.69) is 34.3 Å². The lowest BCUT2D eigenvalue weighted by molar-refractivity contribution is -0.140. The zero-order chi connectivity index (χ0) is 14.3. The van der Waals surface area contributed by atoms with Gasteiger partial charge in [-0.1, -0.05) is 40.7 Å². The van der Waals surface area contributed by atoms with Crippen LogP contribution in [0.3, 0.4) is 0 Å². The summed E-state index contributed by atoms with van der Waals surface area (Å²) in [6, 6.07) is 0. The Balaban J connectivity index is 2.04. The minimum Gasteiger partial charge on any atom is -0.462 e. The maximum Gasteiger partial charge on any atom is 0.333 e. The van der Waals surface area contributed by atoms with Crippen LogP contribution in [-0.4, -0.2) is 12.6 Å². The van der Waals surface area contributed by atoms with Crippen LogP contribution in [0.15, 0.2) is 12.2 Å². The van der Waals surface area contributed by atoms with E-state index < -0.39 is 0 Å². The van der Waals surface area contributed by atoms with Gasteiger partial charge in [0.1, 0.15) is 0 Å². The van der Waals surface area contributed by atoms with Crippen LogP contribution in [0.5, 0.6) is 0 Å². The Morgan fingerprint density at radius 1 is 1.37 bits per heavy atom. The molecule has 0 saturated heterocycles. The quantitative estimate of drug-likeness (QED) is 0.419. The highest BCUT2D eigenvalue weighted by molar-refractivity contribution is 5.88. The van der Waals surface area contributed by atoms with Gasteiger partial charge in [0.2, 0.25) is 0 Å². The molecule has 2 nitrogen and oxygen atoms in total. The lowest BCUT2D eigenvalue weighted by Crippen LogP contribution is -2.34. The first kappa shape index (κ1) is 14.6. The fraction of sp³-hybridized carbons (Fsp3) is 0.824. The smallest absolute Gasteiger partial charge is 0.333 e. The summed E-state index contributed by atoms with van der Waals surface area (Å²) in [6.45, 7) is 13.8. The van der Waals surface area contributed by atoms with Crippen LogP contribution >= 0.6 is 0 Å². The van der Waals surface area contributed by atoms with Crippen molar-refractivity contribution in [1.29, 1.82) is 0 Å². The van der Waals surface area contributed by atoms with Gasteiger partial charge >= 0.3 is 5.97 Å². The largest absolute Gasteiger partial charge is 0.462 e. The number of hydrogen-bond acceptors (Lipinski definition) is 2. The van der Waals surface area contributed by atoms with Crippen molar-refractivity contribution in [3.8, 4) is 0 Å². The van der Waals surface area contributed by atoms with Crippen molar-refractivity contribution in [2.45, 2.75) is 59.8 Å². The molecule has 2 heteroatoms. The summed E-state index contributed by atoms with van der Waals surface area (Å²) in [6.07, 6.45) is 5.63. The van der Waals surface area contributed by atoms with Crippen molar-refractivity contribution >= 4 is 5.97 Å². The van der Waals surface area contributed by atoms with Crippen molar-refractivity contribution in [2.24, 2.45) is 22.7 Å². The molecule has 0 aromatic rings. The molecule has 0 spiro atoms. The van der Waals surface area contributed by atoms with Crippen LogP contribution in [0.2, 0.25) is 0 Å². The summed E-state index contributed by atoms with van der Waals surface area (Å²) in [5.41, 5.74) is 1.26. The predicted octanol–water partition coefficient (Wildman–Crippen LogP) is 4.35. The van der Waals surface area contributed by atoms with Crippen LogP contribution < -0.4 is 0 Å². The third kappa shape index (κ3) is 2.13. The van der Waals surface area contributed by atoms with E-state index in [1.54, 1.807) is 0 Å². The fourth-order valence-corrected chi connectivity index (χ4v) is 4.27. The second-order valence-corrected chi connectivity index (χ2v) is 7.18. The Labute approximate surface area is 117 Å². The number of carbonyl (C=O) groups is 1. The first-order valence-electron chi connectivity index (χ1n) is 7.70. The van der Waals surface area contributed by atoms with E-state index in [-0.39, 0.29) is 11.4 Å². The van der Waals surface area contributed by atoms with E-state index in [9.17, 15) is 4.79 Å². The Morgan fingerprint density at radius 3 is 2.53 bits per heavy atom. The van der Waals surface area contributed by atoms with Crippen molar-refractivity contribution in [1.82, 2.24) is 0 Å². The molecule has 0 aromatic heterocycles. The van der Waals surface area contributed by atoms with Crippen LogP contribution in [0.1, 0.15) is 59.8 Å². The first-order chi connectivity index (χ1) is 8.84. The van der Waals surface area contributed by atoms with Crippen molar-refractivity contribution < 1.29 is 9.53 Å². The minimum absolute atomic E-state index is 0.164. The molecule has 0 amide bonds. The third-order valence-corrected chi connectivity index (χ3v) is 6.21. The van der Waals surface area contributed by atoms with Gasteiger partial charge in [-0.25, -0.2) is 4.79 Å². The maximum absolute atomic E-state index is 12.1. The van der Waals surface area contributed by atoms with Gasteiger partial charge in [0.25, 0.3) is 0 Å². The molecule has 0 N–H and O–H groups in total. The molecule has 1 unspecified atom stereocenters. The van der Waals surface area contributed by atoms with Gasteiger partial charge in [-0.15, -0.1) is 0 Å². The summed E-state index contributed by atoms with van der Waals surface area (Å²) >= 11 is 0. The number of esters is 1. The molecule has 19 heavy (non-hydrogen) atoms. The summed E-state index contributed by atoms with van der Waals surface area (Å²) in [4.78, 5) is 12.1. The zero-order valence-corrected chi connectivity index (χ0v) is 12.9. The molecular formula is C17H28O2. The predicted molar refractivity (Wildman–Crippen MR) is 77.7 cm³/mol. The lowest BCUT2D eigenvalue weighted by atomic mass is 9.65. The van der Waals surface area contributed by atoms with Crippen LogP contribution in [-0.2, 0) is 9.53 Å². The van der Waals surface area contributed by atoms with E-state index in [0.29, 0.717) is 23.5 Å². The summed E-state index contributed by atoms with van der Waals surface area (Å²) in [5.74, 6) is 0.890. The highest BCUT2D eigenvalue weighted by atomic mass is 16.5. The SMILES string of the molecule is C=C(C(=O)OCCCC)C1C[C@H]2CC[C@@]1(C)C2(C)C. The molecule has 2 saturated carbocycles. The molecule has 0 heterocycles. The minimum atomic E-state index is -0.164. The Morgan fingerprint density at radius 2 is 2.05 bits per heavy atom.